The number of thioether (sulfide) groups is 1. The smallest absolute Gasteiger partial charge is 0.337 e. The van der Waals surface area contributed by atoms with Crippen molar-refractivity contribution in [3.05, 3.63) is 28.6 Å². The third-order valence-electron chi connectivity index (χ3n) is 2.09. The van der Waals surface area contributed by atoms with Gasteiger partial charge in [-0.2, -0.15) is 17.0 Å². The predicted octanol–water partition coefficient (Wildman–Crippen LogP) is 1.40. The molecule has 0 bridgehead atoms. The number of carboxylic acid groups (broad SMARTS) is 1. The van der Waals surface area contributed by atoms with Crippen LogP contribution in [-0.4, -0.2) is 16.1 Å². The van der Waals surface area contributed by atoms with E-state index in [4.69, 9.17) is 10.4 Å². The topological polar surface area (TPSA) is 74.0 Å². The van der Waals surface area contributed by atoms with Crippen LogP contribution >= 0.6 is 11.8 Å². The molecule has 0 amide bonds. The minimum atomic E-state index is -1.04. The minimum Gasteiger partial charge on any atom is -0.478 e. The van der Waals surface area contributed by atoms with Gasteiger partial charge in [-0.25, -0.2) is 4.79 Å². The summed E-state index contributed by atoms with van der Waals surface area (Å²) in [7, 11) is 0. The third-order valence-corrected chi connectivity index (χ3v) is 3.06. The van der Waals surface area contributed by atoms with Gasteiger partial charge in [-0.3, -0.25) is 4.98 Å². The molecule has 2 heterocycles. The predicted molar refractivity (Wildman–Crippen MR) is 50.9 cm³/mol. The van der Waals surface area contributed by atoms with Gasteiger partial charge in [0.2, 0.25) is 0 Å². The molecule has 0 unspecified atom stereocenters. The highest BCUT2D eigenvalue weighted by Gasteiger charge is 2.23. The molecule has 1 aliphatic heterocycles. The van der Waals surface area contributed by atoms with Crippen molar-refractivity contribution in [2.45, 2.75) is 11.5 Å². The van der Waals surface area contributed by atoms with E-state index < -0.39 is 5.97 Å². The first kappa shape index (κ1) is 9.03. The van der Waals surface area contributed by atoms with E-state index in [2.05, 4.69) is 4.98 Å². The first-order valence-electron chi connectivity index (χ1n) is 3.96. The van der Waals surface area contributed by atoms with E-state index in [1.807, 2.05) is 6.07 Å². The van der Waals surface area contributed by atoms with Crippen molar-refractivity contribution in [3.63, 3.8) is 0 Å². The quantitative estimate of drug-likeness (QED) is 0.751. The summed E-state index contributed by atoms with van der Waals surface area (Å²) in [5.41, 5.74) is 1.79. The van der Waals surface area contributed by atoms with Crippen LogP contribution < -0.4 is 0 Å². The molecular weight excluding hydrogens is 200 g/mol. The second-order valence-corrected chi connectivity index (χ2v) is 3.87. The molecule has 0 aromatic carbocycles. The van der Waals surface area contributed by atoms with E-state index in [1.54, 1.807) is 11.8 Å². The Labute approximate surface area is 84.6 Å². The average Bonchev–Trinajstić information content (AvgIpc) is 2.62. The fraction of sp³-hybridized carbons (Fsp3) is 0.222. The Hall–Kier alpha value is -1.54. The van der Waals surface area contributed by atoms with E-state index in [1.165, 1.54) is 6.20 Å². The van der Waals surface area contributed by atoms with Crippen molar-refractivity contribution < 1.29 is 9.90 Å². The monoisotopic (exact) mass is 206 g/mol. The fourth-order valence-electron chi connectivity index (χ4n) is 1.45. The summed E-state index contributed by atoms with van der Waals surface area (Å²) in [6.45, 7) is 0. The molecule has 0 atom stereocenters. The number of hydrogen-bond donors (Lipinski definition) is 1. The van der Waals surface area contributed by atoms with Gasteiger partial charge in [0.1, 0.15) is 6.07 Å². The number of hydrogen-bond acceptors (Lipinski definition) is 4. The molecule has 0 spiro atoms. The molecule has 0 radical (unpaired) electrons. The van der Waals surface area contributed by atoms with Gasteiger partial charge in [-0.15, -0.1) is 0 Å². The molecule has 1 aliphatic rings. The van der Waals surface area contributed by atoms with Crippen LogP contribution in [0.15, 0.2) is 6.20 Å². The maximum atomic E-state index is 11.0. The molecule has 5 heteroatoms. The summed E-state index contributed by atoms with van der Waals surface area (Å²) in [6.07, 6.45) is 1.34. The molecular formula is C9H6N2O2S. The van der Waals surface area contributed by atoms with E-state index in [0.29, 0.717) is 11.3 Å². The number of pyridine rings is 1. The Morgan fingerprint density at radius 1 is 1.64 bits per heavy atom. The zero-order valence-electron chi connectivity index (χ0n) is 7.15. The van der Waals surface area contributed by atoms with Gasteiger partial charge in [0.25, 0.3) is 0 Å². The van der Waals surface area contributed by atoms with Crippen LogP contribution in [0.1, 0.15) is 27.2 Å². The second kappa shape index (κ2) is 3.31. The number of carboxylic acids is 1. The SMILES string of the molecule is N#Cc1cnc2c(c1C(=O)O)CSC2. The largest absolute Gasteiger partial charge is 0.478 e. The third kappa shape index (κ3) is 1.24. The van der Waals surface area contributed by atoms with Crippen LogP contribution in [0.25, 0.3) is 0 Å². The molecule has 0 saturated carbocycles. The molecule has 1 N–H and O–H groups in total. The molecule has 2 rings (SSSR count). The summed E-state index contributed by atoms with van der Waals surface area (Å²) in [4.78, 5) is 15.0. The van der Waals surface area contributed by atoms with Crippen molar-refractivity contribution in [2.24, 2.45) is 0 Å². The Morgan fingerprint density at radius 2 is 2.43 bits per heavy atom. The van der Waals surface area contributed by atoms with Gasteiger partial charge in [0.15, 0.2) is 0 Å². The lowest BCUT2D eigenvalue weighted by Gasteiger charge is -2.03. The molecule has 1 aromatic rings. The van der Waals surface area contributed by atoms with E-state index in [0.717, 1.165) is 11.4 Å². The maximum absolute atomic E-state index is 11.0. The minimum absolute atomic E-state index is 0.127. The van der Waals surface area contributed by atoms with Crippen LogP contribution in [0.3, 0.4) is 0 Å². The number of nitrogens with zero attached hydrogens (tertiary/aromatic N) is 2. The molecule has 1 aromatic heterocycles. The summed E-state index contributed by atoms with van der Waals surface area (Å²) >= 11 is 1.62. The summed E-state index contributed by atoms with van der Waals surface area (Å²) in [6, 6.07) is 1.85. The van der Waals surface area contributed by atoms with E-state index in [9.17, 15) is 4.79 Å². The number of rotatable bonds is 1. The van der Waals surface area contributed by atoms with Crippen molar-refractivity contribution in [1.29, 1.82) is 5.26 Å². The average molecular weight is 206 g/mol. The van der Waals surface area contributed by atoms with Crippen LogP contribution in [0.5, 0.6) is 0 Å². The Bertz CT molecular complexity index is 451. The van der Waals surface area contributed by atoms with Crippen molar-refractivity contribution in [3.8, 4) is 6.07 Å². The first-order chi connectivity index (χ1) is 6.74. The molecule has 14 heavy (non-hydrogen) atoms. The fourth-order valence-corrected chi connectivity index (χ4v) is 2.51. The van der Waals surface area contributed by atoms with Gasteiger partial charge in [0.05, 0.1) is 16.8 Å². The van der Waals surface area contributed by atoms with Crippen molar-refractivity contribution >= 4 is 17.7 Å². The van der Waals surface area contributed by atoms with Gasteiger partial charge in [-0.05, 0) is 0 Å². The second-order valence-electron chi connectivity index (χ2n) is 2.88. The van der Waals surface area contributed by atoms with Crippen LogP contribution in [0.4, 0.5) is 0 Å². The first-order valence-corrected chi connectivity index (χ1v) is 5.11. The zero-order valence-corrected chi connectivity index (χ0v) is 7.97. The highest BCUT2D eigenvalue weighted by atomic mass is 32.2. The standard InChI is InChI=1S/C9H6N2O2S/c10-1-5-2-11-7-4-14-3-6(7)8(5)9(12)13/h2H,3-4H2,(H,12,13). The number of aromatic carboxylic acids is 1. The van der Waals surface area contributed by atoms with Crippen molar-refractivity contribution in [1.82, 2.24) is 4.98 Å². The van der Waals surface area contributed by atoms with E-state index >= 15 is 0 Å². The van der Waals surface area contributed by atoms with E-state index in [-0.39, 0.29) is 11.1 Å². The molecule has 70 valence electrons. The summed E-state index contributed by atoms with van der Waals surface area (Å²) < 4.78 is 0. The van der Waals surface area contributed by atoms with Crippen LogP contribution in [-0.2, 0) is 11.5 Å². The van der Waals surface area contributed by atoms with Gasteiger partial charge >= 0.3 is 5.97 Å². The highest BCUT2D eigenvalue weighted by Crippen LogP contribution is 2.31. The van der Waals surface area contributed by atoms with Gasteiger partial charge in [0, 0.05) is 23.3 Å². The summed E-state index contributed by atoms with van der Waals surface area (Å²) in [5, 5.41) is 17.7. The Kier molecular flexibility index (Phi) is 2.14. The Balaban J connectivity index is 2.70. The molecule has 0 aliphatic carbocycles. The number of carbonyl (C=O) groups is 1. The van der Waals surface area contributed by atoms with Crippen LogP contribution in [0.2, 0.25) is 0 Å². The van der Waals surface area contributed by atoms with Crippen molar-refractivity contribution in [2.75, 3.05) is 0 Å². The highest BCUT2D eigenvalue weighted by molar-refractivity contribution is 7.98. The number of aromatic nitrogens is 1. The molecule has 0 fully saturated rings. The van der Waals surface area contributed by atoms with Gasteiger partial charge < -0.3 is 5.11 Å². The molecule has 0 saturated heterocycles. The number of nitriles is 1. The van der Waals surface area contributed by atoms with Crippen LogP contribution in [0, 0.1) is 11.3 Å². The number of fused-ring (bicyclic) bond motifs is 1. The lowest BCUT2D eigenvalue weighted by molar-refractivity contribution is 0.0695. The lowest BCUT2D eigenvalue weighted by atomic mass is 10.0. The maximum Gasteiger partial charge on any atom is 0.337 e. The normalized spacial score (nSPS) is 13.4. The van der Waals surface area contributed by atoms with Gasteiger partial charge in [-0.1, -0.05) is 0 Å². The molecule has 4 nitrogen and oxygen atoms in total. The summed E-state index contributed by atoms with van der Waals surface area (Å²) in [5.74, 6) is 0.337. The zero-order chi connectivity index (χ0) is 10.1. The Morgan fingerprint density at radius 3 is 3.07 bits per heavy atom. The lowest BCUT2D eigenvalue weighted by Crippen LogP contribution is -2.06.